The van der Waals surface area contributed by atoms with Gasteiger partial charge in [-0.15, -0.1) is 0 Å². The third-order valence-corrected chi connectivity index (χ3v) is 5.55. The van der Waals surface area contributed by atoms with Crippen molar-refractivity contribution in [2.75, 3.05) is 20.2 Å². The number of amides is 1. The number of para-hydroxylation sites is 1. The van der Waals surface area contributed by atoms with Crippen molar-refractivity contribution in [2.45, 2.75) is 38.3 Å². The van der Waals surface area contributed by atoms with Gasteiger partial charge >= 0.3 is 0 Å². The number of fused-ring (bicyclic) bond motifs is 2. The van der Waals surface area contributed by atoms with Gasteiger partial charge in [-0.25, -0.2) is 0 Å². The summed E-state index contributed by atoms with van der Waals surface area (Å²) >= 11 is 0. The first-order valence-electron chi connectivity index (χ1n) is 9.32. The van der Waals surface area contributed by atoms with Crippen molar-refractivity contribution in [2.24, 2.45) is 5.92 Å². The van der Waals surface area contributed by atoms with E-state index in [4.69, 9.17) is 9.26 Å². The Balaban J connectivity index is 1.27. The first-order chi connectivity index (χ1) is 12.7. The third-order valence-electron chi connectivity index (χ3n) is 5.55. The molecular weight excluding hydrogens is 330 g/mol. The Morgan fingerprint density at radius 3 is 3.04 bits per heavy atom. The molecule has 1 aromatic heterocycles. The van der Waals surface area contributed by atoms with Crippen LogP contribution in [-0.4, -0.2) is 42.2 Å². The van der Waals surface area contributed by atoms with Crippen LogP contribution < -0.4 is 10.1 Å². The van der Waals surface area contributed by atoms with Crippen molar-refractivity contribution in [1.82, 2.24) is 15.4 Å². The Morgan fingerprint density at radius 1 is 1.38 bits per heavy atom. The lowest BCUT2D eigenvalue weighted by molar-refractivity contribution is -0.121. The van der Waals surface area contributed by atoms with Gasteiger partial charge in [0.1, 0.15) is 11.4 Å². The first-order valence-corrected chi connectivity index (χ1v) is 9.32. The van der Waals surface area contributed by atoms with E-state index in [1.54, 1.807) is 7.11 Å². The zero-order valence-corrected chi connectivity index (χ0v) is 15.1. The molecule has 2 fully saturated rings. The Morgan fingerprint density at radius 2 is 2.27 bits per heavy atom. The van der Waals surface area contributed by atoms with E-state index in [0.717, 1.165) is 23.8 Å². The molecule has 6 heteroatoms. The van der Waals surface area contributed by atoms with Crippen LogP contribution in [0.15, 0.2) is 34.9 Å². The van der Waals surface area contributed by atoms with Crippen molar-refractivity contribution < 1.29 is 14.1 Å². The minimum atomic E-state index is 0.0583. The van der Waals surface area contributed by atoms with Crippen LogP contribution in [-0.2, 0) is 11.3 Å². The van der Waals surface area contributed by atoms with E-state index in [9.17, 15) is 4.79 Å². The third kappa shape index (κ3) is 3.60. The lowest BCUT2D eigenvalue weighted by Crippen LogP contribution is -2.35. The van der Waals surface area contributed by atoms with E-state index >= 15 is 0 Å². The maximum Gasteiger partial charge on any atom is 0.221 e. The van der Waals surface area contributed by atoms with Crippen LogP contribution in [0.2, 0.25) is 0 Å². The second kappa shape index (κ2) is 7.50. The highest BCUT2D eigenvalue weighted by atomic mass is 16.5. The molecule has 1 saturated heterocycles. The number of rotatable bonds is 7. The maximum atomic E-state index is 12.1. The fraction of sp³-hybridized carbons (Fsp3) is 0.500. The van der Waals surface area contributed by atoms with Crippen LogP contribution in [0.4, 0.5) is 0 Å². The summed E-state index contributed by atoms with van der Waals surface area (Å²) in [5.74, 6) is 2.31. The molecule has 138 valence electrons. The minimum absolute atomic E-state index is 0.0583. The average molecular weight is 355 g/mol. The Kier molecular flexibility index (Phi) is 4.93. The number of aromatic nitrogens is 1. The summed E-state index contributed by atoms with van der Waals surface area (Å²) < 4.78 is 10.7. The number of hydrogen-bond donors (Lipinski definition) is 1. The first kappa shape index (κ1) is 17.1. The van der Waals surface area contributed by atoms with E-state index in [2.05, 4.69) is 15.4 Å². The van der Waals surface area contributed by atoms with Crippen LogP contribution >= 0.6 is 0 Å². The number of piperidine rings is 1. The fourth-order valence-electron chi connectivity index (χ4n) is 4.20. The average Bonchev–Trinajstić information content (AvgIpc) is 3.41. The molecule has 0 radical (unpaired) electrons. The Labute approximate surface area is 153 Å². The maximum absolute atomic E-state index is 12.1. The molecule has 2 aromatic rings. The lowest BCUT2D eigenvalue weighted by Gasteiger charge is -2.26. The van der Waals surface area contributed by atoms with E-state index < -0.39 is 0 Å². The molecule has 1 N–H and O–H groups in total. The highest BCUT2D eigenvalue weighted by Crippen LogP contribution is 2.37. The molecule has 1 aliphatic heterocycles. The molecule has 4 rings (SSSR count). The van der Waals surface area contributed by atoms with E-state index in [0.29, 0.717) is 30.5 Å². The van der Waals surface area contributed by atoms with Gasteiger partial charge in [-0.1, -0.05) is 17.3 Å². The summed E-state index contributed by atoms with van der Waals surface area (Å²) in [5.41, 5.74) is 1.58. The van der Waals surface area contributed by atoms with Gasteiger partial charge in [0.2, 0.25) is 5.91 Å². The number of likely N-dealkylation sites (tertiary alicyclic amines) is 1. The molecular formula is C20H25N3O3. The lowest BCUT2D eigenvalue weighted by atomic mass is 10.1. The predicted octanol–water partition coefficient (Wildman–Crippen LogP) is 2.84. The summed E-state index contributed by atoms with van der Waals surface area (Å²) in [6, 6.07) is 10.2. The molecule has 1 saturated carbocycles. The molecule has 0 spiro atoms. The number of nitrogens with zero attached hydrogens (tertiary/aromatic N) is 2. The molecule has 2 aliphatic rings. The molecule has 1 aromatic carbocycles. The molecule has 2 atom stereocenters. The second-order valence-corrected chi connectivity index (χ2v) is 7.23. The number of ether oxygens (including phenoxy) is 1. The SMILES string of the molecule is COc1ccccc1-c1cc(CNC(=O)CCN2C[C@@H]3CC[C@H]2C3)on1. The minimum Gasteiger partial charge on any atom is -0.496 e. The van der Waals surface area contributed by atoms with Gasteiger partial charge in [0, 0.05) is 37.2 Å². The topological polar surface area (TPSA) is 67.6 Å². The van der Waals surface area contributed by atoms with E-state index in [1.165, 1.54) is 25.8 Å². The Hall–Kier alpha value is -2.34. The number of nitrogens with one attached hydrogen (secondary N) is 1. The summed E-state index contributed by atoms with van der Waals surface area (Å²) in [5, 5.41) is 7.02. The molecule has 1 aliphatic carbocycles. The molecule has 26 heavy (non-hydrogen) atoms. The molecule has 2 heterocycles. The molecule has 0 unspecified atom stereocenters. The zero-order valence-electron chi connectivity index (χ0n) is 15.1. The zero-order chi connectivity index (χ0) is 17.9. The number of carbonyl (C=O) groups excluding carboxylic acids is 1. The van der Waals surface area contributed by atoms with Gasteiger partial charge in [-0.05, 0) is 37.3 Å². The van der Waals surface area contributed by atoms with Crippen molar-refractivity contribution >= 4 is 5.91 Å². The van der Waals surface area contributed by atoms with Crippen molar-refractivity contribution in [3.63, 3.8) is 0 Å². The summed E-state index contributed by atoms with van der Waals surface area (Å²) in [6.45, 7) is 2.38. The quantitative estimate of drug-likeness (QED) is 0.827. The summed E-state index contributed by atoms with van der Waals surface area (Å²) in [4.78, 5) is 14.6. The van der Waals surface area contributed by atoms with Crippen LogP contribution in [0, 0.1) is 5.92 Å². The molecule has 2 bridgehead atoms. The molecule has 1 amide bonds. The number of methoxy groups -OCH3 is 1. The predicted molar refractivity (Wildman–Crippen MR) is 97.7 cm³/mol. The van der Waals surface area contributed by atoms with Gasteiger partial charge in [0.05, 0.1) is 13.7 Å². The van der Waals surface area contributed by atoms with Gasteiger partial charge in [0.25, 0.3) is 0 Å². The summed E-state index contributed by atoms with van der Waals surface area (Å²) in [7, 11) is 1.63. The fourth-order valence-corrected chi connectivity index (χ4v) is 4.20. The smallest absolute Gasteiger partial charge is 0.221 e. The normalized spacial score (nSPS) is 21.9. The van der Waals surface area contributed by atoms with Crippen molar-refractivity contribution in [3.05, 3.63) is 36.1 Å². The van der Waals surface area contributed by atoms with Gasteiger partial charge in [0.15, 0.2) is 5.76 Å². The van der Waals surface area contributed by atoms with E-state index in [1.807, 2.05) is 30.3 Å². The molecule has 6 nitrogen and oxygen atoms in total. The largest absolute Gasteiger partial charge is 0.496 e. The van der Waals surface area contributed by atoms with Crippen LogP contribution in [0.25, 0.3) is 11.3 Å². The number of carbonyl (C=O) groups is 1. The van der Waals surface area contributed by atoms with Gasteiger partial charge in [-0.3, -0.25) is 9.69 Å². The van der Waals surface area contributed by atoms with Crippen LogP contribution in [0.3, 0.4) is 0 Å². The van der Waals surface area contributed by atoms with E-state index in [-0.39, 0.29) is 5.91 Å². The van der Waals surface area contributed by atoms with Crippen LogP contribution in [0.1, 0.15) is 31.4 Å². The van der Waals surface area contributed by atoms with Crippen molar-refractivity contribution in [3.8, 4) is 17.0 Å². The number of benzene rings is 1. The van der Waals surface area contributed by atoms with Crippen molar-refractivity contribution in [1.29, 1.82) is 0 Å². The Bertz CT molecular complexity index is 773. The van der Waals surface area contributed by atoms with Gasteiger partial charge < -0.3 is 14.6 Å². The monoisotopic (exact) mass is 355 g/mol. The standard InChI is InChI=1S/C20H25N3O3/c1-25-19-5-3-2-4-17(19)18-11-16(26-22-18)12-21-20(24)8-9-23-13-14-6-7-15(23)10-14/h2-5,11,14-15H,6-10,12-13H2,1H3,(H,21,24)/t14-,15+/m1/s1. The number of hydrogen-bond acceptors (Lipinski definition) is 5. The highest BCUT2D eigenvalue weighted by Gasteiger charge is 2.37. The van der Waals surface area contributed by atoms with Crippen LogP contribution in [0.5, 0.6) is 5.75 Å². The summed E-state index contributed by atoms with van der Waals surface area (Å²) in [6.07, 6.45) is 4.53. The van der Waals surface area contributed by atoms with Gasteiger partial charge in [-0.2, -0.15) is 0 Å². The second-order valence-electron chi connectivity index (χ2n) is 7.23. The highest BCUT2D eigenvalue weighted by molar-refractivity contribution is 5.76.